The highest BCUT2D eigenvalue weighted by molar-refractivity contribution is 5.00. The summed E-state index contributed by atoms with van der Waals surface area (Å²) in [7, 11) is 0. The number of alkyl halides is 1. The lowest BCUT2D eigenvalue weighted by atomic mass is 9.88. The van der Waals surface area contributed by atoms with Crippen molar-refractivity contribution >= 4 is 0 Å². The van der Waals surface area contributed by atoms with Gasteiger partial charge >= 0.3 is 0 Å². The second kappa shape index (κ2) is 11.2. The lowest BCUT2D eigenvalue weighted by Gasteiger charge is -2.20. The summed E-state index contributed by atoms with van der Waals surface area (Å²) in [6, 6.07) is 0. The minimum atomic E-state index is -0.697. The topological polar surface area (TPSA) is 40.5 Å². The van der Waals surface area contributed by atoms with Gasteiger partial charge < -0.3 is 10.2 Å². The molecule has 0 aromatic rings. The highest BCUT2D eigenvalue weighted by Gasteiger charge is 2.32. The molecule has 0 amide bonds. The van der Waals surface area contributed by atoms with Gasteiger partial charge in [0.05, 0.1) is 18.4 Å². The largest absolute Gasteiger partial charge is 0.393 e. The maximum atomic E-state index is 12.7. The van der Waals surface area contributed by atoms with Crippen molar-refractivity contribution in [3.05, 3.63) is 12.2 Å². The Morgan fingerprint density at radius 3 is 2.59 bits per heavy atom. The molecule has 3 heteroatoms. The van der Waals surface area contributed by atoms with Crippen molar-refractivity contribution in [3.8, 4) is 0 Å². The molecule has 1 aliphatic carbocycles. The van der Waals surface area contributed by atoms with Crippen LogP contribution in [0.1, 0.15) is 78.1 Å². The monoisotopic (exact) mass is 314 g/mol. The average Bonchev–Trinajstić information content (AvgIpc) is 2.83. The van der Waals surface area contributed by atoms with Crippen molar-refractivity contribution in [2.24, 2.45) is 11.8 Å². The molecule has 1 aliphatic rings. The Hall–Kier alpha value is -0.410. The summed E-state index contributed by atoms with van der Waals surface area (Å²) in [5, 5.41) is 20.1. The van der Waals surface area contributed by atoms with Crippen molar-refractivity contribution in [2.75, 3.05) is 0 Å². The molecule has 130 valence electrons. The fraction of sp³-hybridized carbons (Fsp3) is 0.895. The standard InChI is InChI=1S/C19H35FO2/c1-3-4-9-17(21)13-11-16-12-14-19(22)18(16)10-7-5-6-8-15(2)20/h11,13,15-19,21-22H,3-10,12,14H2,1-2H3/t15?,16-,17?,18+,19-/m0/s1. The van der Waals surface area contributed by atoms with Crippen LogP contribution in [0.5, 0.6) is 0 Å². The summed E-state index contributed by atoms with van der Waals surface area (Å²) in [5.74, 6) is 0.712. The van der Waals surface area contributed by atoms with Crippen LogP contribution in [0, 0.1) is 11.8 Å². The minimum absolute atomic E-state index is 0.206. The van der Waals surface area contributed by atoms with E-state index in [-0.39, 0.29) is 12.2 Å². The molecule has 0 saturated heterocycles. The Balaban J connectivity index is 2.31. The lowest BCUT2D eigenvalue weighted by Crippen LogP contribution is -2.18. The number of hydrogen-bond donors (Lipinski definition) is 2. The first-order valence-corrected chi connectivity index (χ1v) is 9.23. The first-order valence-electron chi connectivity index (χ1n) is 9.23. The molecule has 0 aromatic heterocycles. The quantitative estimate of drug-likeness (QED) is 0.425. The van der Waals surface area contributed by atoms with E-state index in [1.54, 1.807) is 6.92 Å². The van der Waals surface area contributed by atoms with Crippen LogP contribution in [-0.4, -0.2) is 28.6 Å². The van der Waals surface area contributed by atoms with E-state index in [1.165, 1.54) is 0 Å². The zero-order chi connectivity index (χ0) is 16.4. The van der Waals surface area contributed by atoms with E-state index >= 15 is 0 Å². The van der Waals surface area contributed by atoms with Crippen LogP contribution < -0.4 is 0 Å². The summed E-state index contributed by atoms with van der Waals surface area (Å²) < 4.78 is 12.7. The molecule has 1 fully saturated rings. The molecule has 1 rings (SSSR count). The smallest absolute Gasteiger partial charge is 0.0973 e. The zero-order valence-corrected chi connectivity index (χ0v) is 14.4. The Labute approximate surface area is 135 Å². The van der Waals surface area contributed by atoms with Gasteiger partial charge in [-0.15, -0.1) is 0 Å². The van der Waals surface area contributed by atoms with Gasteiger partial charge in [-0.1, -0.05) is 51.2 Å². The Bertz CT molecular complexity index is 304. The summed E-state index contributed by atoms with van der Waals surface area (Å²) in [6.07, 6.45) is 12.4. The van der Waals surface area contributed by atoms with E-state index in [1.807, 2.05) is 6.08 Å². The van der Waals surface area contributed by atoms with E-state index < -0.39 is 6.17 Å². The van der Waals surface area contributed by atoms with E-state index in [2.05, 4.69) is 13.0 Å². The van der Waals surface area contributed by atoms with E-state index in [0.717, 1.165) is 57.8 Å². The van der Waals surface area contributed by atoms with Gasteiger partial charge in [0, 0.05) is 0 Å². The molecule has 5 atom stereocenters. The number of aliphatic hydroxyl groups excluding tert-OH is 2. The van der Waals surface area contributed by atoms with Crippen molar-refractivity contribution < 1.29 is 14.6 Å². The van der Waals surface area contributed by atoms with Crippen molar-refractivity contribution in [3.63, 3.8) is 0 Å². The van der Waals surface area contributed by atoms with Gasteiger partial charge in [0.1, 0.15) is 0 Å². The fourth-order valence-corrected chi connectivity index (χ4v) is 3.49. The third kappa shape index (κ3) is 7.73. The molecule has 0 radical (unpaired) electrons. The van der Waals surface area contributed by atoms with Crippen LogP contribution in [-0.2, 0) is 0 Å². The van der Waals surface area contributed by atoms with E-state index in [0.29, 0.717) is 18.3 Å². The van der Waals surface area contributed by atoms with Crippen LogP contribution in [0.2, 0.25) is 0 Å². The third-order valence-corrected chi connectivity index (χ3v) is 4.91. The highest BCUT2D eigenvalue weighted by atomic mass is 19.1. The normalized spacial score (nSPS) is 28.3. The number of unbranched alkanes of at least 4 members (excludes halogenated alkanes) is 3. The molecule has 0 spiro atoms. The summed E-state index contributed by atoms with van der Waals surface area (Å²) in [6.45, 7) is 3.74. The Morgan fingerprint density at radius 2 is 1.91 bits per heavy atom. The molecule has 22 heavy (non-hydrogen) atoms. The average molecular weight is 314 g/mol. The van der Waals surface area contributed by atoms with E-state index in [9.17, 15) is 14.6 Å². The van der Waals surface area contributed by atoms with Crippen molar-refractivity contribution in [1.82, 2.24) is 0 Å². The van der Waals surface area contributed by atoms with E-state index in [4.69, 9.17) is 0 Å². The molecule has 0 aromatic carbocycles. The summed E-state index contributed by atoms with van der Waals surface area (Å²) in [4.78, 5) is 0. The predicted octanol–water partition coefficient (Wildman–Crippen LogP) is 4.79. The van der Waals surface area contributed by atoms with Crippen LogP contribution in [0.3, 0.4) is 0 Å². The zero-order valence-electron chi connectivity index (χ0n) is 14.4. The van der Waals surface area contributed by atoms with Crippen molar-refractivity contribution in [1.29, 1.82) is 0 Å². The molecule has 0 heterocycles. The second-order valence-electron chi connectivity index (χ2n) is 6.99. The molecule has 1 saturated carbocycles. The van der Waals surface area contributed by atoms with Gasteiger partial charge in [0.25, 0.3) is 0 Å². The van der Waals surface area contributed by atoms with Crippen molar-refractivity contribution in [2.45, 2.75) is 96.4 Å². The van der Waals surface area contributed by atoms with Gasteiger partial charge in [-0.05, 0) is 50.9 Å². The summed E-state index contributed by atoms with van der Waals surface area (Å²) in [5.41, 5.74) is 0. The Kier molecular flexibility index (Phi) is 9.98. The third-order valence-electron chi connectivity index (χ3n) is 4.91. The SMILES string of the molecule is CCCCC(O)C=C[C@H]1CC[C@H](O)[C@@H]1CCCCCC(C)F. The maximum absolute atomic E-state index is 12.7. The maximum Gasteiger partial charge on any atom is 0.0973 e. The number of rotatable bonds is 11. The fourth-order valence-electron chi connectivity index (χ4n) is 3.49. The van der Waals surface area contributed by atoms with Crippen LogP contribution in [0.15, 0.2) is 12.2 Å². The van der Waals surface area contributed by atoms with Gasteiger partial charge in [0.2, 0.25) is 0 Å². The first kappa shape index (κ1) is 19.6. The van der Waals surface area contributed by atoms with Gasteiger partial charge in [-0.3, -0.25) is 0 Å². The van der Waals surface area contributed by atoms with Crippen LogP contribution >= 0.6 is 0 Å². The molecule has 2 nitrogen and oxygen atoms in total. The summed E-state index contributed by atoms with van der Waals surface area (Å²) >= 11 is 0. The lowest BCUT2D eigenvalue weighted by molar-refractivity contribution is 0.116. The molecule has 0 bridgehead atoms. The number of hydrogen-bond acceptors (Lipinski definition) is 2. The van der Waals surface area contributed by atoms with Crippen LogP contribution in [0.4, 0.5) is 4.39 Å². The van der Waals surface area contributed by atoms with Gasteiger partial charge in [-0.25, -0.2) is 4.39 Å². The Morgan fingerprint density at radius 1 is 1.14 bits per heavy atom. The van der Waals surface area contributed by atoms with Gasteiger partial charge in [-0.2, -0.15) is 0 Å². The number of halogens is 1. The second-order valence-corrected chi connectivity index (χ2v) is 6.99. The molecular weight excluding hydrogens is 279 g/mol. The number of allylic oxidation sites excluding steroid dienone is 1. The first-order chi connectivity index (χ1) is 10.5. The molecule has 0 aliphatic heterocycles. The van der Waals surface area contributed by atoms with Gasteiger partial charge in [0.15, 0.2) is 0 Å². The van der Waals surface area contributed by atoms with Crippen LogP contribution in [0.25, 0.3) is 0 Å². The molecule has 2 N–H and O–H groups in total. The highest BCUT2D eigenvalue weighted by Crippen LogP contribution is 2.36. The predicted molar refractivity (Wildman–Crippen MR) is 90.5 cm³/mol. The molecule has 2 unspecified atom stereocenters. The molecular formula is C19H35FO2. The number of aliphatic hydroxyl groups is 2. The minimum Gasteiger partial charge on any atom is -0.393 e.